The van der Waals surface area contributed by atoms with Crippen LogP contribution in [0.2, 0.25) is 0 Å². The van der Waals surface area contributed by atoms with Gasteiger partial charge in [0.25, 0.3) is 0 Å². The molecule has 0 aromatic carbocycles. The van der Waals surface area contributed by atoms with Crippen LogP contribution in [0.4, 0.5) is 0 Å². The Hall–Kier alpha value is -0.0600. The molecule has 0 saturated heterocycles. The molecule has 1 aromatic rings. The first-order valence-electron chi connectivity index (χ1n) is 3.39. The second-order valence-corrected chi connectivity index (χ2v) is 5.19. The van der Waals surface area contributed by atoms with E-state index in [0.29, 0.717) is 0 Å². The van der Waals surface area contributed by atoms with Crippen molar-refractivity contribution in [3.8, 4) is 0 Å². The zero-order valence-corrected chi connectivity index (χ0v) is 8.34. The van der Waals surface area contributed by atoms with E-state index in [-0.39, 0.29) is 5.54 Å². The molecule has 0 unspecified atom stereocenters. The van der Waals surface area contributed by atoms with Gasteiger partial charge in [-0.25, -0.2) is 4.98 Å². The first-order chi connectivity index (χ1) is 5.08. The van der Waals surface area contributed by atoms with Crippen molar-refractivity contribution in [1.82, 2.24) is 4.98 Å². The van der Waals surface area contributed by atoms with Crippen molar-refractivity contribution >= 4 is 23.1 Å². The van der Waals surface area contributed by atoms with Crippen molar-refractivity contribution in [2.24, 2.45) is 5.73 Å². The van der Waals surface area contributed by atoms with Gasteiger partial charge in [-0.15, -0.1) is 11.3 Å². The van der Waals surface area contributed by atoms with Crippen LogP contribution in [-0.2, 0) is 0 Å². The Morgan fingerprint density at radius 3 is 2.91 bits per heavy atom. The lowest BCUT2D eigenvalue weighted by molar-refractivity contribution is 0.591. The van der Waals surface area contributed by atoms with Crippen molar-refractivity contribution in [2.45, 2.75) is 23.7 Å². The monoisotopic (exact) mass is 188 g/mol. The normalized spacial score (nSPS) is 11.9. The molecule has 0 aliphatic heterocycles. The zero-order valence-electron chi connectivity index (χ0n) is 6.70. The fraction of sp³-hybridized carbons (Fsp3) is 0.571. The third-order valence-corrected chi connectivity index (χ3v) is 3.43. The van der Waals surface area contributed by atoms with Gasteiger partial charge in [0.05, 0.1) is 0 Å². The van der Waals surface area contributed by atoms with Gasteiger partial charge in [0.2, 0.25) is 0 Å². The minimum Gasteiger partial charge on any atom is -0.325 e. The molecule has 62 valence electrons. The van der Waals surface area contributed by atoms with E-state index in [9.17, 15) is 0 Å². The minimum absolute atomic E-state index is 0.101. The molecular formula is C7H12N2S2. The number of thioether (sulfide) groups is 1. The van der Waals surface area contributed by atoms with E-state index >= 15 is 0 Å². The quantitative estimate of drug-likeness (QED) is 0.737. The predicted molar refractivity (Wildman–Crippen MR) is 51.1 cm³/mol. The van der Waals surface area contributed by atoms with Gasteiger partial charge in [-0.1, -0.05) is 11.8 Å². The molecule has 0 spiro atoms. The largest absolute Gasteiger partial charge is 0.325 e. The fourth-order valence-electron chi connectivity index (χ4n) is 0.529. The average Bonchev–Trinajstić information content (AvgIpc) is 2.32. The Bertz CT molecular complexity index is 201. The zero-order chi connectivity index (χ0) is 8.32. The molecule has 0 saturated carbocycles. The number of nitrogens with two attached hydrogens (primary N) is 1. The number of rotatable bonds is 3. The van der Waals surface area contributed by atoms with Crippen LogP contribution in [0.5, 0.6) is 0 Å². The second-order valence-electron chi connectivity index (χ2n) is 3.08. The van der Waals surface area contributed by atoms with E-state index in [0.717, 1.165) is 10.1 Å². The van der Waals surface area contributed by atoms with Crippen LogP contribution in [-0.4, -0.2) is 16.3 Å². The summed E-state index contributed by atoms with van der Waals surface area (Å²) in [7, 11) is 0. The van der Waals surface area contributed by atoms with Crippen molar-refractivity contribution in [1.29, 1.82) is 0 Å². The lowest BCUT2D eigenvalue weighted by Gasteiger charge is -2.15. The highest BCUT2D eigenvalue weighted by atomic mass is 32.2. The molecule has 1 aromatic heterocycles. The van der Waals surface area contributed by atoms with E-state index in [2.05, 4.69) is 4.98 Å². The van der Waals surface area contributed by atoms with Crippen molar-refractivity contribution in [3.05, 3.63) is 11.6 Å². The molecule has 0 aliphatic rings. The summed E-state index contributed by atoms with van der Waals surface area (Å²) < 4.78 is 1.10. The second kappa shape index (κ2) is 3.56. The minimum atomic E-state index is -0.101. The highest BCUT2D eigenvalue weighted by Crippen LogP contribution is 2.22. The van der Waals surface area contributed by atoms with Crippen LogP contribution in [0, 0.1) is 0 Å². The number of nitrogens with zero attached hydrogens (tertiary/aromatic N) is 1. The summed E-state index contributed by atoms with van der Waals surface area (Å²) in [4.78, 5) is 4.15. The maximum atomic E-state index is 5.81. The van der Waals surface area contributed by atoms with Gasteiger partial charge in [-0.2, -0.15) is 0 Å². The summed E-state index contributed by atoms with van der Waals surface area (Å²) in [6.45, 7) is 4.04. The molecule has 1 heterocycles. The van der Waals surface area contributed by atoms with Crippen LogP contribution < -0.4 is 5.73 Å². The number of thiazole rings is 1. The van der Waals surface area contributed by atoms with Crippen LogP contribution in [0.3, 0.4) is 0 Å². The molecule has 2 N–H and O–H groups in total. The van der Waals surface area contributed by atoms with Gasteiger partial charge >= 0.3 is 0 Å². The molecule has 0 amide bonds. The van der Waals surface area contributed by atoms with Crippen LogP contribution >= 0.6 is 23.1 Å². The van der Waals surface area contributed by atoms with E-state index in [1.165, 1.54) is 0 Å². The SMILES string of the molecule is CC(C)(N)CSc1nccs1. The molecule has 1 rings (SSSR count). The summed E-state index contributed by atoms with van der Waals surface area (Å²) in [5.74, 6) is 0.917. The number of hydrogen-bond donors (Lipinski definition) is 1. The third-order valence-electron chi connectivity index (χ3n) is 0.977. The van der Waals surface area contributed by atoms with Crippen molar-refractivity contribution in [2.75, 3.05) is 5.75 Å². The van der Waals surface area contributed by atoms with E-state index < -0.39 is 0 Å². The Kier molecular flexibility index (Phi) is 2.92. The third kappa shape index (κ3) is 3.74. The van der Waals surface area contributed by atoms with Gasteiger partial charge in [0.1, 0.15) is 4.34 Å². The molecule has 0 fully saturated rings. The number of hydrogen-bond acceptors (Lipinski definition) is 4. The van der Waals surface area contributed by atoms with Crippen molar-refractivity contribution in [3.63, 3.8) is 0 Å². The van der Waals surface area contributed by atoms with Crippen LogP contribution in [0.1, 0.15) is 13.8 Å². The summed E-state index contributed by atoms with van der Waals surface area (Å²) in [5.41, 5.74) is 5.71. The number of aromatic nitrogens is 1. The molecule has 0 atom stereocenters. The maximum absolute atomic E-state index is 5.81. The highest BCUT2D eigenvalue weighted by molar-refractivity contribution is 8.01. The van der Waals surface area contributed by atoms with Gasteiger partial charge in [-0.05, 0) is 13.8 Å². The fourth-order valence-corrected chi connectivity index (χ4v) is 2.14. The first kappa shape index (κ1) is 9.03. The maximum Gasteiger partial charge on any atom is 0.149 e. The molecular weight excluding hydrogens is 176 g/mol. The van der Waals surface area contributed by atoms with Crippen LogP contribution in [0.25, 0.3) is 0 Å². The first-order valence-corrected chi connectivity index (χ1v) is 5.26. The standard InChI is InChI=1S/C7H12N2S2/c1-7(2,8)5-11-6-9-3-4-10-6/h3-4H,5,8H2,1-2H3. The van der Waals surface area contributed by atoms with Crippen LogP contribution in [0.15, 0.2) is 15.9 Å². The highest BCUT2D eigenvalue weighted by Gasteiger charge is 2.11. The topological polar surface area (TPSA) is 38.9 Å². The average molecular weight is 188 g/mol. The molecule has 0 radical (unpaired) electrons. The lowest BCUT2D eigenvalue weighted by atomic mass is 10.1. The summed E-state index contributed by atoms with van der Waals surface area (Å²) in [6, 6.07) is 0. The molecule has 0 bridgehead atoms. The summed E-state index contributed by atoms with van der Waals surface area (Å²) in [6.07, 6.45) is 1.82. The van der Waals surface area contributed by atoms with Gasteiger partial charge < -0.3 is 5.73 Å². The Morgan fingerprint density at radius 2 is 2.45 bits per heavy atom. The van der Waals surface area contributed by atoms with E-state index in [4.69, 9.17) is 5.73 Å². The van der Waals surface area contributed by atoms with Gasteiger partial charge in [-0.3, -0.25) is 0 Å². The summed E-state index contributed by atoms with van der Waals surface area (Å²) in [5, 5.41) is 1.98. The molecule has 11 heavy (non-hydrogen) atoms. The van der Waals surface area contributed by atoms with Gasteiger partial charge in [0.15, 0.2) is 0 Å². The Morgan fingerprint density at radius 1 is 1.73 bits per heavy atom. The predicted octanol–water partition coefficient (Wildman–Crippen LogP) is 1.97. The Labute approximate surface area is 75.2 Å². The van der Waals surface area contributed by atoms with E-state index in [1.807, 2.05) is 25.4 Å². The molecule has 4 heteroatoms. The summed E-state index contributed by atoms with van der Waals surface area (Å²) >= 11 is 3.38. The van der Waals surface area contributed by atoms with E-state index in [1.54, 1.807) is 23.1 Å². The lowest BCUT2D eigenvalue weighted by Crippen LogP contribution is -2.34. The van der Waals surface area contributed by atoms with Gasteiger partial charge in [0, 0.05) is 22.9 Å². The van der Waals surface area contributed by atoms with Crippen molar-refractivity contribution < 1.29 is 0 Å². The molecule has 0 aliphatic carbocycles. The molecule has 2 nitrogen and oxygen atoms in total. The Balaban J connectivity index is 2.35. The smallest absolute Gasteiger partial charge is 0.149 e.